The van der Waals surface area contributed by atoms with E-state index in [9.17, 15) is 14.4 Å². The Labute approximate surface area is 157 Å². The number of benzene rings is 2. The highest BCUT2D eigenvalue weighted by atomic mass is 16.6. The fourth-order valence-corrected chi connectivity index (χ4v) is 2.41. The monoisotopic (exact) mass is 371 g/mol. The van der Waals surface area contributed by atoms with E-state index in [2.05, 4.69) is 5.32 Å². The lowest BCUT2D eigenvalue weighted by molar-refractivity contribution is -0.150. The molecule has 2 aromatic carbocycles. The van der Waals surface area contributed by atoms with Gasteiger partial charge in [0.1, 0.15) is 11.5 Å². The van der Waals surface area contributed by atoms with Crippen molar-refractivity contribution in [2.75, 3.05) is 20.3 Å². The number of esters is 1. The molecule has 2 aromatic rings. The van der Waals surface area contributed by atoms with Gasteiger partial charge in [0, 0.05) is 0 Å². The van der Waals surface area contributed by atoms with E-state index in [1.165, 1.54) is 13.2 Å². The number of imide groups is 1. The summed E-state index contributed by atoms with van der Waals surface area (Å²) in [6.45, 7) is 2.91. The number of rotatable bonds is 7. The van der Waals surface area contributed by atoms with E-state index in [1.807, 2.05) is 19.9 Å². The van der Waals surface area contributed by atoms with Crippen molar-refractivity contribution in [3.8, 4) is 11.5 Å². The Morgan fingerprint density at radius 1 is 0.963 bits per heavy atom. The lowest BCUT2D eigenvalue weighted by atomic mass is 10.1. The molecule has 0 aliphatic rings. The molecule has 0 saturated carbocycles. The summed E-state index contributed by atoms with van der Waals surface area (Å²) < 4.78 is 15.2. The Morgan fingerprint density at radius 2 is 1.63 bits per heavy atom. The summed E-state index contributed by atoms with van der Waals surface area (Å²) in [5.41, 5.74) is 2.22. The molecule has 0 atom stereocenters. The van der Waals surface area contributed by atoms with Crippen LogP contribution in [0.25, 0.3) is 0 Å². The third-order valence-electron chi connectivity index (χ3n) is 3.52. The number of aryl methyl sites for hydroxylation is 2. The fourth-order valence-electron chi connectivity index (χ4n) is 2.41. The predicted octanol–water partition coefficient (Wildman–Crippen LogP) is 2.19. The van der Waals surface area contributed by atoms with Crippen molar-refractivity contribution in [1.82, 2.24) is 5.32 Å². The molecule has 0 unspecified atom stereocenters. The molecule has 0 bridgehead atoms. The minimum atomic E-state index is -0.745. The van der Waals surface area contributed by atoms with Gasteiger partial charge in [-0.15, -0.1) is 0 Å². The maximum atomic E-state index is 12.1. The van der Waals surface area contributed by atoms with Crippen LogP contribution < -0.4 is 14.8 Å². The molecule has 142 valence electrons. The Hall–Kier alpha value is -3.35. The highest BCUT2D eigenvalue weighted by Gasteiger charge is 2.16. The second-order valence-corrected chi connectivity index (χ2v) is 5.85. The number of ether oxygens (including phenoxy) is 3. The molecule has 2 rings (SSSR count). The maximum absolute atomic E-state index is 12.1. The molecular weight excluding hydrogens is 350 g/mol. The Bertz CT molecular complexity index is 826. The molecule has 0 spiro atoms. The van der Waals surface area contributed by atoms with Crippen molar-refractivity contribution in [2.24, 2.45) is 0 Å². The normalized spacial score (nSPS) is 10.0. The molecule has 0 radical (unpaired) electrons. The highest BCUT2D eigenvalue weighted by Crippen LogP contribution is 2.17. The standard InChI is InChI=1S/C20H21NO6/c1-13-8-14(2)10-15(9-13)26-12-19(23)27-11-18(22)21-20(24)16-6-4-5-7-17(16)25-3/h4-10H,11-12H2,1-3H3,(H,21,22,24). The first-order valence-electron chi connectivity index (χ1n) is 8.23. The van der Waals surface area contributed by atoms with Gasteiger partial charge in [-0.3, -0.25) is 14.9 Å². The fraction of sp³-hybridized carbons (Fsp3) is 0.250. The number of carbonyl (C=O) groups excluding carboxylic acids is 3. The van der Waals surface area contributed by atoms with Crippen LogP contribution in [0.3, 0.4) is 0 Å². The van der Waals surface area contributed by atoms with Crippen LogP contribution in [0.2, 0.25) is 0 Å². The number of hydrogen-bond donors (Lipinski definition) is 1. The average molecular weight is 371 g/mol. The van der Waals surface area contributed by atoms with E-state index in [4.69, 9.17) is 14.2 Å². The summed E-state index contributed by atoms with van der Waals surface area (Å²) in [6, 6.07) is 12.0. The number of para-hydroxylation sites is 1. The van der Waals surface area contributed by atoms with Gasteiger partial charge in [0.05, 0.1) is 12.7 Å². The van der Waals surface area contributed by atoms with Crippen molar-refractivity contribution in [3.05, 3.63) is 59.2 Å². The number of amides is 2. The minimum absolute atomic E-state index is 0.206. The number of carbonyl (C=O) groups is 3. The van der Waals surface area contributed by atoms with E-state index in [0.717, 1.165) is 11.1 Å². The summed E-state index contributed by atoms with van der Waals surface area (Å²) in [4.78, 5) is 35.6. The molecule has 7 nitrogen and oxygen atoms in total. The van der Waals surface area contributed by atoms with Crippen molar-refractivity contribution in [3.63, 3.8) is 0 Å². The van der Waals surface area contributed by atoms with Gasteiger partial charge in [0.2, 0.25) is 0 Å². The second-order valence-electron chi connectivity index (χ2n) is 5.85. The van der Waals surface area contributed by atoms with Crippen LogP contribution in [-0.4, -0.2) is 38.1 Å². The van der Waals surface area contributed by atoms with E-state index >= 15 is 0 Å². The van der Waals surface area contributed by atoms with Gasteiger partial charge in [0.25, 0.3) is 11.8 Å². The predicted molar refractivity (Wildman–Crippen MR) is 97.8 cm³/mol. The zero-order chi connectivity index (χ0) is 19.8. The SMILES string of the molecule is COc1ccccc1C(=O)NC(=O)COC(=O)COc1cc(C)cc(C)c1. The van der Waals surface area contributed by atoms with Crippen molar-refractivity contribution >= 4 is 17.8 Å². The topological polar surface area (TPSA) is 90.9 Å². The first kappa shape index (κ1) is 20.0. The van der Waals surface area contributed by atoms with Crippen LogP contribution in [0.4, 0.5) is 0 Å². The summed E-state index contributed by atoms with van der Waals surface area (Å²) in [5, 5.41) is 2.14. The number of hydrogen-bond acceptors (Lipinski definition) is 6. The zero-order valence-corrected chi connectivity index (χ0v) is 15.4. The summed E-state index contributed by atoms with van der Waals surface area (Å²) in [5.74, 6) is -1.22. The van der Waals surface area contributed by atoms with Gasteiger partial charge >= 0.3 is 5.97 Å². The van der Waals surface area contributed by atoms with Gasteiger partial charge < -0.3 is 14.2 Å². The van der Waals surface area contributed by atoms with Crippen molar-refractivity contribution < 1.29 is 28.6 Å². The third-order valence-corrected chi connectivity index (χ3v) is 3.52. The van der Waals surface area contributed by atoms with Gasteiger partial charge in [-0.1, -0.05) is 18.2 Å². The lowest BCUT2D eigenvalue weighted by Crippen LogP contribution is -2.34. The third kappa shape index (κ3) is 6.14. The first-order valence-corrected chi connectivity index (χ1v) is 8.23. The second kappa shape index (κ2) is 9.38. The maximum Gasteiger partial charge on any atom is 0.344 e. The Balaban J connectivity index is 1.79. The highest BCUT2D eigenvalue weighted by molar-refractivity contribution is 6.06. The summed E-state index contributed by atoms with van der Waals surface area (Å²) in [6.07, 6.45) is 0. The van der Waals surface area contributed by atoms with E-state index in [0.29, 0.717) is 11.5 Å². The molecule has 0 aromatic heterocycles. The first-order chi connectivity index (χ1) is 12.9. The molecule has 7 heteroatoms. The quantitative estimate of drug-likeness (QED) is 0.751. The van der Waals surface area contributed by atoms with Gasteiger partial charge in [-0.2, -0.15) is 0 Å². The average Bonchev–Trinajstić information content (AvgIpc) is 2.63. The van der Waals surface area contributed by atoms with Crippen LogP contribution in [0, 0.1) is 13.8 Å². The molecule has 0 fully saturated rings. The summed E-state index contributed by atoms with van der Waals surface area (Å²) >= 11 is 0. The van der Waals surface area contributed by atoms with E-state index in [1.54, 1.807) is 30.3 Å². The van der Waals surface area contributed by atoms with Crippen LogP contribution in [0.5, 0.6) is 11.5 Å². The molecule has 0 aliphatic carbocycles. The molecule has 1 N–H and O–H groups in total. The van der Waals surface area contributed by atoms with Crippen LogP contribution in [-0.2, 0) is 14.3 Å². The lowest BCUT2D eigenvalue weighted by Gasteiger charge is -2.10. The Kier molecular flexibility index (Phi) is 6.93. The zero-order valence-electron chi connectivity index (χ0n) is 15.4. The van der Waals surface area contributed by atoms with E-state index < -0.39 is 24.4 Å². The number of nitrogens with one attached hydrogen (secondary N) is 1. The minimum Gasteiger partial charge on any atom is -0.496 e. The molecule has 0 heterocycles. The van der Waals surface area contributed by atoms with Gasteiger partial charge in [-0.05, 0) is 49.2 Å². The summed E-state index contributed by atoms with van der Waals surface area (Å²) in [7, 11) is 1.42. The number of methoxy groups -OCH3 is 1. The van der Waals surface area contributed by atoms with E-state index in [-0.39, 0.29) is 12.2 Å². The molecule has 27 heavy (non-hydrogen) atoms. The molecule has 0 saturated heterocycles. The van der Waals surface area contributed by atoms with Crippen LogP contribution in [0.15, 0.2) is 42.5 Å². The van der Waals surface area contributed by atoms with Crippen molar-refractivity contribution in [1.29, 1.82) is 0 Å². The molecule has 0 aliphatic heterocycles. The van der Waals surface area contributed by atoms with Gasteiger partial charge in [-0.25, -0.2) is 4.79 Å². The van der Waals surface area contributed by atoms with Crippen molar-refractivity contribution in [2.45, 2.75) is 13.8 Å². The largest absolute Gasteiger partial charge is 0.496 e. The smallest absolute Gasteiger partial charge is 0.344 e. The van der Waals surface area contributed by atoms with Crippen LogP contribution in [0.1, 0.15) is 21.5 Å². The van der Waals surface area contributed by atoms with Crippen LogP contribution >= 0.6 is 0 Å². The molecule has 2 amide bonds. The Morgan fingerprint density at radius 3 is 2.30 bits per heavy atom. The molecular formula is C20H21NO6. The van der Waals surface area contributed by atoms with Gasteiger partial charge in [0.15, 0.2) is 13.2 Å².